The van der Waals surface area contributed by atoms with Gasteiger partial charge in [-0.15, -0.1) is 0 Å². The molecule has 0 spiro atoms. The third-order valence-electron chi connectivity index (χ3n) is 0. The number of rotatable bonds is 0. The second-order valence-electron chi connectivity index (χ2n) is 0. The van der Waals surface area contributed by atoms with Crippen molar-refractivity contribution in [1.82, 2.24) is 0 Å². The fraction of sp³-hybridized carbons (Fsp3) is 0. The molecular weight excluding hydrogens is 156 g/mol. The fourth-order valence-electron chi connectivity index (χ4n) is 0. The van der Waals surface area contributed by atoms with Crippen LogP contribution in [0.15, 0.2) is 0 Å². The maximum absolute atomic E-state index is 8.12. The van der Waals surface area contributed by atoms with Crippen molar-refractivity contribution in [2.24, 2.45) is 0 Å². The Bertz CT molecular complexity index is 13.5. The number of hydrogen-bond donors (Lipinski definition) is 0. The zero-order valence-corrected chi connectivity index (χ0v) is 5.46. The molecule has 0 aliphatic heterocycles. The summed E-state index contributed by atoms with van der Waals surface area (Å²) in [6.45, 7) is 0. The van der Waals surface area contributed by atoms with Crippen molar-refractivity contribution in [2.45, 2.75) is 0 Å². The van der Waals surface area contributed by atoms with Crippen LogP contribution in [-0.2, 0) is 37.1 Å². The predicted octanol–water partition coefficient (Wildman–Crippen LogP) is -0.280. The summed E-state index contributed by atoms with van der Waals surface area (Å²) in [5, 5.41) is 0. The van der Waals surface area contributed by atoms with E-state index in [1.165, 1.54) is 16.2 Å². The molecule has 0 unspecified atom stereocenters. The van der Waals surface area contributed by atoms with Crippen molar-refractivity contribution in [3.05, 3.63) is 0 Å². The van der Waals surface area contributed by atoms with Crippen LogP contribution in [0, 0.1) is 0 Å². The first kappa shape index (κ1) is 17.5. The van der Waals surface area contributed by atoms with Gasteiger partial charge < -0.3 is 2.85 Å². The molecule has 1 radical (unpaired) electrons. The molecule has 27 valence electrons. The van der Waals surface area contributed by atoms with E-state index in [0.29, 0.717) is 0 Å². The van der Waals surface area contributed by atoms with Crippen LogP contribution in [0.5, 0.6) is 0 Å². The molecule has 4 heavy (non-hydrogen) atoms. The van der Waals surface area contributed by atoms with Crippen LogP contribution in [0.1, 0.15) is 2.85 Å². The molecule has 0 bridgehead atoms. The summed E-state index contributed by atoms with van der Waals surface area (Å²) in [7, 11) is 0. The van der Waals surface area contributed by atoms with Crippen molar-refractivity contribution in [2.75, 3.05) is 0 Å². The van der Waals surface area contributed by atoms with E-state index in [0.717, 1.165) is 0 Å². The van der Waals surface area contributed by atoms with Crippen LogP contribution in [0.25, 0.3) is 0 Å². The molecular formula is H2CrCuMgO. The molecule has 0 rings (SSSR count). The molecule has 0 saturated carbocycles. The fourth-order valence-corrected chi connectivity index (χ4v) is 0. The van der Waals surface area contributed by atoms with Gasteiger partial charge in [-0.1, -0.05) is 0 Å². The standard InChI is InChI=1S/Cr.Cu.Mg.O.2H/q;;+2;;2*-1. The van der Waals surface area contributed by atoms with Gasteiger partial charge in [0.1, 0.15) is 0 Å². The summed E-state index contributed by atoms with van der Waals surface area (Å²) in [6, 6.07) is 0. The monoisotopic (exact) mass is 157 g/mol. The second-order valence-corrected chi connectivity index (χ2v) is 0. The van der Waals surface area contributed by atoms with Crippen molar-refractivity contribution in [3.8, 4) is 0 Å². The molecule has 1 nitrogen and oxygen atoms in total. The normalized spacial score (nSPS) is 1.00. The Morgan fingerprint density at radius 3 is 1.50 bits per heavy atom. The van der Waals surface area contributed by atoms with Crippen molar-refractivity contribution in [3.63, 3.8) is 0 Å². The van der Waals surface area contributed by atoms with Gasteiger partial charge in [0.15, 0.2) is 0 Å². The molecule has 0 aromatic carbocycles. The first-order valence-electron chi connectivity index (χ1n) is 0.167. The van der Waals surface area contributed by atoms with Gasteiger partial charge in [-0.3, -0.25) is 0 Å². The van der Waals surface area contributed by atoms with Gasteiger partial charge in [0.2, 0.25) is 0 Å². The maximum atomic E-state index is 8.12. The molecule has 0 N–H and O–H groups in total. The molecule has 0 aromatic rings. The van der Waals surface area contributed by atoms with Crippen LogP contribution >= 0.6 is 0 Å². The molecule has 4 heteroatoms. The van der Waals surface area contributed by atoms with E-state index >= 15 is 0 Å². The van der Waals surface area contributed by atoms with Gasteiger partial charge >= 0.3 is 43.1 Å². The minimum atomic E-state index is 0. The van der Waals surface area contributed by atoms with Crippen LogP contribution in [0.3, 0.4) is 0 Å². The Labute approximate surface area is 62.7 Å². The molecule has 0 atom stereocenters. The molecule has 0 saturated heterocycles. The van der Waals surface area contributed by atoms with Gasteiger partial charge in [0.25, 0.3) is 0 Å². The summed E-state index contributed by atoms with van der Waals surface area (Å²) in [5.41, 5.74) is 0. The van der Waals surface area contributed by atoms with Gasteiger partial charge in [0.05, 0.1) is 0 Å². The first-order chi connectivity index (χ1) is 1.00. The summed E-state index contributed by atoms with van der Waals surface area (Å²) in [6.07, 6.45) is 0. The van der Waals surface area contributed by atoms with E-state index in [1.54, 1.807) is 0 Å². The second kappa shape index (κ2) is 23.1. The van der Waals surface area contributed by atoms with Crippen molar-refractivity contribution >= 4 is 23.1 Å². The van der Waals surface area contributed by atoms with Crippen molar-refractivity contribution in [1.29, 1.82) is 0 Å². The van der Waals surface area contributed by atoms with Crippen LogP contribution in [-0.4, -0.2) is 23.1 Å². The van der Waals surface area contributed by atoms with E-state index in [4.69, 9.17) is 3.80 Å². The van der Waals surface area contributed by atoms with Gasteiger partial charge in [-0.2, -0.15) is 0 Å². The summed E-state index contributed by atoms with van der Waals surface area (Å²) in [5.74, 6) is 0. The third kappa shape index (κ3) is 9.47. The van der Waals surface area contributed by atoms with E-state index in [9.17, 15) is 0 Å². The van der Waals surface area contributed by atoms with E-state index < -0.39 is 0 Å². The zero-order chi connectivity index (χ0) is 2.00. The molecule has 0 fully saturated rings. The molecule has 0 amide bonds. The Balaban J connectivity index is -0.000000000833. The minimum absolute atomic E-state index is 0. The molecule has 0 aliphatic rings. The Hall–Kier alpha value is 1.62. The van der Waals surface area contributed by atoms with Crippen LogP contribution in [0.2, 0.25) is 0 Å². The quantitative estimate of drug-likeness (QED) is 0.443. The Morgan fingerprint density at radius 2 is 1.50 bits per heavy atom. The third-order valence-corrected chi connectivity index (χ3v) is 0. The van der Waals surface area contributed by atoms with E-state index in [-0.39, 0.29) is 43.0 Å². The van der Waals surface area contributed by atoms with E-state index in [2.05, 4.69) is 0 Å². The average Bonchev–Trinajstić information content (AvgIpc) is 1.00. The predicted molar refractivity (Wildman–Crippen MR) is 8.66 cm³/mol. The summed E-state index contributed by atoms with van der Waals surface area (Å²) < 4.78 is 8.12. The molecule has 0 heterocycles. The number of hydrogen-bond acceptors (Lipinski definition) is 1. The summed E-state index contributed by atoms with van der Waals surface area (Å²) in [4.78, 5) is 0. The molecule has 0 aromatic heterocycles. The van der Waals surface area contributed by atoms with Gasteiger partial charge in [-0.25, -0.2) is 0 Å². The van der Waals surface area contributed by atoms with Gasteiger partial charge in [-0.05, 0) is 0 Å². The van der Waals surface area contributed by atoms with Crippen LogP contribution < -0.4 is 0 Å². The molecule has 0 aliphatic carbocycles. The Morgan fingerprint density at radius 1 is 1.50 bits per heavy atom. The zero-order valence-electron chi connectivity index (χ0n) is 3.83. The first-order valence-corrected chi connectivity index (χ1v) is 0.687. The van der Waals surface area contributed by atoms with Crippen LogP contribution in [0.4, 0.5) is 0 Å². The Kier molecular flexibility index (Phi) is 101. The van der Waals surface area contributed by atoms with Gasteiger partial charge in [0, 0.05) is 17.1 Å². The SMILES string of the molecule is [Cu].[H-].[H-].[Mg+2].[O]=[Cr]. The van der Waals surface area contributed by atoms with E-state index in [1.807, 2.05) is 0 Å². The topological polar surface area (TPSA) is 17.1 Å². The van der Waals surface area contributed by atoms with Crippen molar-refractivity contribution < 1.29 is 39.9 Å². The summed E-state index contributed by atoms with van der Waals surface area (Å²) >= 11 is 1.38. The average molecular weight is 158 g/mol.